The summed E-state index contributed by atoms with van der Waals surface area (Å²) in [7, 11) is 1.62. The molecule has 8 nitrogen and oxygen atoms in total. The monoisotopic (exact) mass is 421 g/mol. The van der Waals surface area contributed by atoms with E-state index in [0.29, 0.717) is 5.88 Å². The summed E-state index contributed by atoms with van der Waals surface area (Å²) < 4.78 is 9.43. The summed E-state index contributed by atoms with van der Waals surface area (Å²) >= 11 is 1.57. The number of nitrogens with one attached hydrogen (secondary N) is 1. The molecule has 4 aromatic heterocycles. The number of imidazole rings is 1. The Hall–Kier alpha value is -3.20. The maximum absolute atomic E-state index is 5.50. The number of ether oxygens (including phenoxy) is 1. The number of aromatic nitrogens is 6. The number of aryl methyl sites for hydroxylation is 2. The molecule has 30 heavy (non-hydrogen) atoms. The van der Waals surface area contributed by atoms with Crippen LogP contribution in [0.15, 0.2) is 36.2 Å². The number of methoxy groups -OCH3 is 1. The molecule has 0 spiro atoms. The zero-order valence-corrected chi connectivity index (χ0v) is 17.8. The largest absolute Gasteiger partial charge is 0.479 e. The Kier molecular flexibility index (Phi) is 4.96. The van der Waals surface area contributed by atoms with Gasteiger partial charge in [0, 0.05) is 29.9 Å². The molecular formula is C21H23N7OS. The number of thiazole rings is 1. The maximum Gasteiger partial charge on any atom is 0.238 e. The molecule has 0 aliphatic heterocycles. The van der Waals surface area contributed by atoms with Gasteiger partial charge in [0.15, 0.2) is 5.13 Å². The van der Waals surface area contributed by atoms with Crippen molar-refractivity contribution in [1.82, 2.24) is 29.3 Å². The van der Waals surface area contributed by atoms with E-state index in [2.05, 4.69) is 26.9 Å². The minimum absolute atomic E-state index is 0.533. The standard InChI is InChI=1S/C21H23N7OS/c1-3-28-19(14-6-4-5-7-15(14)26-28)25-21-24-17(12-30-21)16-8-9-18(20(23-16)29-2)27-11-10-22-13-27/h8-13H,3-7H2,1-2H3,(H,24,25). The Morgan fingerprint density at radius 1 is 1.17 bits per heavy atom. The SMILES string of the molecule is CCn1nc2c(c1Nc1nc(-c3ccc(-n4ccnc4)c(OC)n3)cs1)CCCC2. The molecule has 5 rings (SSSR count). The molecule has 0 bridgehead atoms. The minimum atomic E-state index is 0.533. The molecule has 0 fully saturated rings. The predicted octanol–water partition coefficient (Wildman–Crippen LogP) is 4.24. The van der Waals surface area contributed by atoms with Crippen molar-refractivity contribution < 1.29 is 4.74 Å². The maximum atomic E-state index is 5.50. The van der Waals surface area contributed by atoms with Gasteiger partial charge < -0.3 is 14.6 Å². The van der Waals surface area contributed by atoms with Crippen LogP contribution >= 0.6 is 11.3 Å². The lowest BCUT2D eigenvalue weighted by atomic mass is 9.97. The highest BCUT2D eigenvalue weighted by molar-refractivity contribution is 7.14. The van der Waals surface area contributed by atoms with Gasteiger partial charge in [-0.25, -0.2) is 19.6 Å². The summed E-state index contributed by atoms with van der Waals surface area (Å²) in [6, 6.07) is 3.92. The summed E-state index contributed by atoms with van der Waals surface area (Å²) in [5.74, 6) is 1.61. The van der Waals surface area contributed by atoms with E-state index in [1.165, 1.54) is 24.1 Å². The lowest BCUT2D eigenvalue weighted by molar-refractivity contribution is 0.396. The third kappa shape index (κ3) is 3.35. The van der Waals surface area contributed by atoms with E-state index in [1.54, 1.807) is 31.0 Å². The van der Waals surface area contributed by atoms with Crippen molar-refractivity contribution in [2.75, 3.05) is 12.4 Å². The topological polar surface area (TPSA) is 82.7 Å². The molecule has 0 amide bonds. The molecule has 0 saturated carbocycles. The third-order valence-electron chi connectivity index (χ3n) is 5.33. The number of hydrogen-bond acceptors (Lipinski definition) is 7. The molecular weight excluding hydrogens is 398 g/mol. The van der Waals surface area contributed by atoms with E-state index in [0.717, 1.165) is 47.4 Å². The van der Waals surface area contributed by atoms with E-state index < -0.39 is 0 Å². The second-order valence-electron chi connectivity index (χ2n) is 7.15. The highest BCUT2D eigenvalue weighted by Gasteiger charge is 2.21. The van der Waals surface area contributed by atoms with E-state index in [-0.39, 0.29) is 0 Å². The first-order chi connectivity index (χ1) is 14.8. The fourth-order valence-corrected chi connectivity index (χ4v) is 4.55. The summed E-state index contributed by atoms with van der Waals surface area (Å²) in [6.45, 7) is 2.96. The molecule has 1 N–H and O–H groups in total. The van der Waals surface area contributed by atoms with Crippen LogP contribution in [0.2, 0.25) is 0 Å². The fraction of sp³-hybridized carbons (Fsp3) is 0.333. The highest BCUT2D eigenvalue weighted by atomic mass is 32.1. The lowest BCUT2D eigenvalue weighted by Crippen LogP contribution is -2.05. The van der Waals surface area contributed by atoms with E-state index >= 15 is 0 Å². The number of pyridine rings is 1. The second kappa shape index (κ2) is 7.91. The van der Waals surface area contributed by atoms with Gasteiger partial charge in [0.05, 0.1) is 24.8 Å². The van der Waals surface area contributed by atoms with Gasteiger partial charge in [-0.2, -0.15) is 5.10 Å². The minimum Gasteiger partial charge on any atom is -0.479 e. The number of anilines is 2. The quantitative estimate of drug-likeness (QED) is 0.501. The van der Waals surface area contributed by atoms with Crippen molar-refractivity contribution in [3.63, 3.8) is 0 Å². The normalized spacial score (nSPS) is 13.3. The molecule has 0 aromatic carbocycles. The van der Waals surface area contributed by atoms with Gasteiger partial charge in [0.2, 0.25) is 5.88 Å². The number of nitrogens with zero attached hydrogens (tertiary/aromatic N) is 6. The predicted molar refractivity (Wildman–Crippen MR) is 117 cm³/mol. The van der Waals surface area contributed by atoms with E-state index in [9.17, 15) is 0 Å². The zero-order chi connectivity index (χ0) is 20.5. The molecule has 4 aromatic rings. The fourth-order valence-electron chi connectivity index (χ4n) is 3.85. The Bertz CT molecular complexity index is 1160. The van der Waals surface area contributed by atoms with Gasteiger partial charge in [-0.15, -0.1) is 11.3 Å². The Morgan fingerprint density at radius 3 is 2.87 bits per heavy atom. The van der Waals surface area contributed by atoms with Crippen LogP contribution in [0.5, 0.6) is 5.88 Å². The van der Waals surface area contributed by atoms with Gasteiger partial charge in [0.25, 0.3) is 0 Å². The Labute approximate surface area is 178 Å². The van der Waals surface area contributed by atoms with Gasteiger partial charge in [-0.1, -0.05) is 0 Å². The van der Waals surface area contributed by atoms with Gasteiger partial charge in [-0.05, 0) is 44.7 Å². The van der Waals surface area contributed by atoms with Crippen LogP contribution in [0.3, 0.4) is 0 Å². The van der Waals surface area contributed by atoms with Crippen LogP contribution < -0.4 is 10.1 Å². The van der Waals surface area contributed by atoms with Crippen LogP contribution in [0.4, 0.5) is 10.9 Å². The van der Waals surface area contributed by atoms with Crippen LogP contribution in [0.1, 0.15) is 31.0 Å². The molecule has 0 radical (unpaired) electrons. The van der Waals surface area contributed by atoms with Crippen LogP contribution in [-0.4, -0.2) is 36.4 Å². The van der Waals surface area contributed by atoms with Crippen molar-refractivity contribution in [3.8, 4) is 23.0 Å². The number of rotatable bonds is 6. The smallest absolute Gasteiger partial charge is 0.238 e. The molecule has 9 heteroatoms. The Balaban J connectivity index is 1.43. The Morgan fingerprint density at radius 2 is 2.07 bits per heavy atom. The van der Waals surface area contributed by atoms with E-state index in [4.69, 9.17) is 14.8 Å². The van der Waals surface area contributed by atoms with Crippen molar-refractivity contribution in [2.24, 2.45) is 0 Å². The molecule has 154 valence electrons. The van der Waals surface area contributed by atoms with Crippen molar-refractivity contribution in [2.45, 2.75) is 39.2 Å². The van der Waals surface area contributed by atoms with Gasteiger partial charge in [-0.3, -0.25) is 0 Å². The summed E-state index contributed by atoms with van der Waals surface area (Å²) in [5.41, 5.74) is 4.99. The molecule has 0 unspecified atom stereocenters. The first kappa shape index (κ1) is 18.8. The van der Waals surface area contributed by atoms with Crippen LogP contribution in [0, 0.1) is 0 Å². The lowest BCUT2D eigenvalue weighted by Gasteiger charge is -2.12. The van der Waals surface area contributed by atoms with E-state index in [1.807, 2.05) is 28.3 Å². The number of fused-ring (bicyclic) bond motifs is 1. The summed E-state index contributed by atoms with van der Waals surface area (Å²) in [5, 5.41) is 11.2. The van der Waals surface area contributed by atoms with Crippen LogP contribution in [0.25, 0.3) is 17.1 Å². The molecule has 1 aliphatic rings. The van der Waals surface area contributed by atoms with Gasteiger partial charge in [0.1, 0.15) is 17.2 Å². The zero-order valence-electron chi connectivity index (χ0n) is 17.0. The second-order valence-corrected chi connectivity index (χ2v) is 8.01. The van der Waals surface area contributed by atoms with Crippen molar-refractivity contribution >= 4 is 22.3 Å². The highest BCUT2D eigenvalue weighted by Crippen LogP contribution is 2.33. The molecule has 0 atom stereocenters. The van der Waals surface area contributed by atoms with Crippen LogP contribution in [-0.2, 0) is 19.4 Å². The first-order valence-corrected chi connectivity index (χ1v) is 11.0. The first-order valence-electron chi connectivity index (χ1n) is 10.1. The van der Waals surface area contributed by atoms with Crippen molar-refractivity contribution in [1.29, 1.82) is 0 Å². The molecule has 0 saturated heterocycles. The average molecular weight is 422 g/mol. The average Bonchev–Trinajstić information content (AvgIpc) is 3.54. The van der Waals surface area contributed by atoms with Crippen molar-refractivity contribution in [3.05, 3.63) is 47.5 Å². The third-order valence-corrected chi connectivity index (χ3v) is 6.09. The van der Waals surface area contributed by atoms with Gasteiger partial charge >= 0.3 is 0 Å². The molecule has 1 aliphatic carbocycles. The number of hydrogen-bond donors (Lipinski definition) is 1. The molecule has 4 heterocycles. The summed E-state index contributed by atoms with van der Waals surface area (Å²) in [4.78, 5) is 13.5. The summed E-state index contributed by atoms with van der Waals surface area (Å²) in [6.07, 6.45) is 9.89.